The lowest BCUT2D eigenvalue weighted by Crippen LogP contribution is -2.52. The number of benzene rings is 3. The summed E-state index contributed by atoms with van der Waals surface area (Å²) >= 11 is 5.12. The summed E-state index contributed by atoms with van der Waals surface area (Å²) in [5.41, 5.74) is 4.42. The predicted octanol–water partition coefficient (Wildman–Crippen LogP) is 6.55. The number of rotatable bonds is 12. The number of carbonyl (C=O) groups is 2. The normalized spacial score (nSPS) is 12.6. The van der Waals surface area contributed by atoms with Crippen molar-refractivity contribution in [1.82, 2.24) is 10.2 Å². The molecule has 2 amide bonds. The Hall–Kier alpha value is -2.57. The Labute approximate surface area is 228 Å². The second-order valence-electron chi connectivity index (χ2n) is 9.16. The van der Waals surface area contributed by atoms with E-state index in [0.29, 0.717) is 18.7 Å². The van der Waals surface area contributed by atoms with E-state index in [-0.39, 0.29) is 17.9 Å². The molecule has 0 heterocycles. The minimum Gasteiger partial charge on any atom is -0.352 e. The lowest BCUT2D eigenvalue weighted by Gasteiger charge is -2.32. The monoisotopic (exact) mass is 566 g/mol. The molecule has 0 saturated carbocycles. The van der Waals surface area contributed by atoms with E-state index in [2.05, 4.69) is 46.4 Å². The smallest absolute Gasteiger partial charge is 0.243 e. The number of hydrogen-bond acceptors (Lipinski definition) is 3. The van der Waals surface area contributed by atoms with Crippen molar-refractivity contribution in [3.8, 4) is 0 Å². The Morgan fingerprint density at radius 1 is 0.944 bits per heavy atom. The summed E-state index contributed by atoms with van der Waals surface area (Å²) in [6, 6.07) is 25.6. The van der Waals surface area contributed by atoms with Gasteiger partial charge in [-0.25, -0.2) is 0 Å². The molecule has 0 aliphatic carbocycles. The fourth-order valence-electron chi connectivity index (χ4n) is 3.97. The van der Waals surface area contributed by atoms with Crippen LogP contribution in [0.2, 0.25) is 0 Å². The number of hydrogen-bond donors (Lipinski definition) is 1. The van der Waals surface area contributed by atoms with E-state index < -0.39 is 6.04 Å². The van der Waals surface area contributed by atoms with Gasteiger partial charge in [0.05, 0.1) is 5.75 Å². The van der Waals surface area contributed by atoms with Gasteiger partial charge in [-0.1, -0.05) is 95.1 Å². The molecule has 1 N–H and O–H groups in total. The zero-order chi connectivity index (χ0) is 25.9. The molecule has 2 unspecified atom stereocenters. The highest BCUT2D eigenvalue weighted by Crippen LogP contribution is 2.20. The van der Waals surface area contributed by atoms with Crippen LogP contribution in [0.1, 0.15) is 42.5 Å². The molecule has 3 aromatic carbocycles. The first kappa shape index (κ1) is 28.0. The zero-order valence-corrected chi connectivity index (χ0v) is 23.6. The molecule has 0 aromatic heterocycles. The molecule has 0 radical (unpaired) electrons. The van der Waals surface area contributed by atoms with E-state index in [0.717, 1.165) is 27.8 Å². The third-order valence-electron chi connectivity index (χ3n) is 6.09. The number of nitrogens with one attached hydrogen (secondary N) is 1. The molecule has 3 aromatic rings. The lowest BCUT2D eigenvalue weighted by atomic mass is 10.0. The molecule has 36 heavy (non-hydrogen) atoms. The van der Waals surface area contributed by atoms with Crippen molar-refractivity contribution in [1.29, 1.82) is 0 Å². The summed E-state index contributed by atoms with van der Waals surface area (Å²) in [6.45, 7) is 6.48. The highest BCUT2D eigenvalue weighted by atomic mass is 79.9. The molecule has 0 aliphatic heterocycles. The number of carbonyl (C=O) groups excluding carboxylic acids is 2. The zero-order valence-electron chi connectivity index (χ0n) is 21.2. The third kappa shape index (κ3) is 8.82. The molecule has 2 atom stereocenters. The van der Waals surface area contributed by atoms with Crippen molar-refractivity contribution < 1.29 is 9.59 Å². The van der Waals surface area contributed by atoms with Crippen LogP contribution < -0.4 is 5.32 Å². The summed E-state index contributed by atoms with van der Waals surface area (Å²) in [5, 5.41) is 3.12. The molecule has 0 aliphatic rings. The highest BCUT2D eigenvalue weighted by molar-refractivity contribution is 9.10. The standard InChI is InChI=1S/C30H35BrN2O2S/c1-4-23(3)32-30(35)28(18-24-11-6-5-7-12-24)33(19-25-13-9-15-27(31)17-25)29(34)21-36-20-26-14-8-10-22(2)16-26/h5-17,23,28H,4,18-21H2,1-3H3,(H,32,35). The molecule has 0 bridgehead atoms. The molecule has 6 heteroatoms. The first-order valence-corrected chi connectivity index (χ1v) is 14.3. The van der Waals surface area contributed by atoms with Gasteiger partial charge in [0.15, 0.2) is 0 Å². The van der Waals surface area contributed by atoms with Gasteiger partial charge in [0, 0.05) is 29.2 Å². The molecular formula is C30H35BrN2O2S. The van der Waals surface area contributed by atoms with E-state index in [1.807, 2.05) is 74.5 Å². The van der Waals surface area contributed by atoms with Crippen LogP contribution in [0.5, 0.6) is 0 Å². The summed E-state index contributed by atoms with van der Waals surface area (Å²) in [4.78, 5) is 29.0. The first-order chi connectivity index (χ1) is 17.4. The van der Waals surface area contributed by atoms with E-state index in [1.54, 1.807) is 16.7 Å². The van der Waals surface area contributed by atoms with Gasteiger partial charge in [-0.15, -0.1) is 11.8 Å². The van der Waals surface area contributed by atoms with Crippen molar-refractivity contribution in [2.24, 2.45) is 0 Å². The average molecular weight is 568 g/mol. The van der Waals surface area contributed by atoms with Crippen LogP contribution in [0.25, 0.3) is 0 Å². The van der Waals surface area contributed by atoms with Crippen molar-refractivity contribution in [3.63, 3.8) is 0 Å². The van der Waals surface area contributed by atoms with Crippen molar-refractivity contribution >= 4 is 39.5 Å². The van der Waals surface area contributed by atoms with E-state index in [4.69, 9.17) is 0 Å². The van der Waals surface area contributed by atoms with Gasteiger partial charge >= 0.3 is 0 Å². The topological polar surface area (TPSA) is 49.4 Å². The summed E-state index contributed by atoms with van der Waals surface area (Å²) in [5.74, 6) is 0.915. The van der Waals surface area contributed by atoms with Gasteiger partial charge < -0.3 is 10.2 Å². The Kier molecular flexibility index (Phi) is 11.1. The van der Waals surface area contributed by atoms with Gasteiger partial charge in [-0.3, -0.25) is 9.59 Å². The Morgan fingerprint density at radius 3 is 2.33 bits per heavy atom. The van der Waals surface area contributed by atoms with E-state index in [9.17, 15) is 9.59 Å². The van der Waals surface area contributed by atoms with Crippen LogP contribution >= 0.6 is 27.7 Å². The van der Waals surface area contributed by atoms with Crippen molar-refractivity contribution in [2.75, 3.05) is 5.75 Å². The second-order valence-corrected chi connectivity index (χ2v) is 11.1. The molecule has 190 valence electrons. The molecule has 3 rings (SSSR count). The SMILES string of the molecule is CCC(C)NC(=O)C(Cc1ccccc1)N(Cc1cccc(Br)c1)C(=O)CSCc1cccc(C)c1. The van der Waals surface area contributed by atoms with Gasteiger partial charge in [0.2, 0.25) is 11.8 Å². The average Bonchev–Trinajstić information content (AvgIpc) is 2.86. The molecular weight excluding hydrogens is 532 g/mol. The van der Waals surface area contributed by atoms with Crippen molar-refractivity contribution in [3.05, 3.63) is 106 Å². The maximum atomic E-state index is 13.7. The highest BCUT2D eigenvalue weighted by Gasteiger charge is 2.30. The maximum Gasteiger partial charge on any atom is 0.243 e. The number of thioether (sulfide) groups is 1. The molecule has 0 fully saturated rings. The van der Waals surface area contributed by atoms with Crippen molar-refractivity contribution in [2.45, 2.75) is 58.0 Å². The molecule has 4 nitrogen and oxygen atoms in total. The maximum absolute atomic E-state index is 13.7. The Balaban J connectivity index is 1.85. The predicted molar refractivity (Wildman–Crippen MR) is 154 cm³/mol. The Morgan fingerprint density at radius 2 is 1.64 bits per heavy atom. The first-order valence-electron chi connectivity index (χ1n) is 12.4. The third-order valence-corrected chi connectivity index (χ3v) is 7.57. The molecule has 0 saturated heterocycles. The number of halogens is 1. The van der Waals surface area contributed by atoms with Gasteiger partial charge in [-0.05, 0) is 49.1 Å². The van der Waals surface area contributed by atoms with Crippen LogP contribution in [0.15, 0.2) is 83.3 Å². The number of aryl methyl sites for hydroxylation is 1. The number of nitrogens with zero attached hydrogens (tertiary/aromatic N) is 1. The largest absolute Gasteiger partial charge is 0.352 e. The fourth-order valence-corrected chi connectivity index (χ4v) is 5.27. The minimum absolute atomic E-state index is 0.0344. The lowest BCUT2D eigenvalue weighted by molar-refractivity contribution is -0.139. The second kappa shape index (κ2) is 14.2. The van der Waals surface area contributed by atoms with Crippen LogP contribution in [0, 0.1) is 6.92 Å². The fraction of sp³-hybridized carbons (Fsp3) is 0.333. The van der Waals surface area contributed by atoms with Gasteiger partial charge in [0.1, 0.15) is 6.04 Å². The van der Waals surface area contributed by atoms with E-state index >= 15 is 0 Å². The summed E-state index contributed by atoms with van der Waals surface area (Å²) in [7, 11) is 0. The van der Waals surface area contributed by atoms with Crippen LogP contribution in [-0.4, -0.2) is 34.6 Å². The summed E-state index contributed by atoms with van der Waals surface area (Å²) in [6.07, 6.45) is 1.29. The minimum atomic E-state index is -0.604. The quantitative estimate of drug-likeness (QED) is 0.270. The van der Waals surface area contributed by atoms with Crippen LogP contribution in [0.4, 0.5) is 0 Å². The number of amides is 2. The molecule has 0 spiro atoms. The van der Waals surface area contributed by atoms with Crippen LogP contribution in [-0.2, 0) is 28.3 Å². The van der Waals surface area contributed by atoms with E-state index in [1.165, 1.54) is 11.1 Å². The summed E-state index contributed by atoms with van der Waals surface area (Å²) < 4.78 is 0.949. The Bertz CT molecular complexity index is 1140. The van der Waals surface area contributed by atoms with Gasteiger partial charge in [-0.2, -0.15) is 0 Å². The van der Waals surface area contributed by atoms with Gasteiger partial charge in [0.25, 0.3) is 0 Å². The van der Waals surface area contributed by atoms with Crippen LogP contribution in [0.3, 0.4) is 0 Å².